The lowest BCUT2D eigenvalue weighted by Crippen LogP contribution is -2.44. The second-order valence-electron chi connectivity index (χ2n) is 5.05. The van der Waals surface area contributed by atoms with Gasteiger partial charge in [-0.1, -0.05) is 12.1 Å². The van der Waals surface area contributed by atoms with Crippen LogP contribution in [0.5, 0.6) is 5.75 Å². The van der Waals surface area contributed by atoms with Gasteiger partial charge in [-0.2, -0.15) is 0 Å². The van der Waals surface area contributed by atoms with Crippen LogP contribution in [0.3, 0.4) is 0 Å². The summed E-state index contributed by atoms with van der Waals surface area (Å²) in [6, 6.07) is 7.43. The van der Waals surface area contributed by atoms with E-state index in [1.165, 1.54) is 5.56 Å². The van der Waals surface area contributed by atoms with E-state index in [4.69, 9.17) is 9.47 Å². The fourth-order valence-electron chi connectivity index (χ4n) is 2.70. The smallest absolute Gasteiger partial charge is 0.170 e. The Morgan fingerprint density at radius 2 is 1.67 bits per heavy atom. The Bertz CT molecular complexity index is 388. The van der Waals surface area contributed by atoms with Crippen molar-refractivity contribution in [3.05, 3.63) is 29.8 Å². The van der Waals surface area contributed by atoms with Crippen LogP contribution in [0.25, 0.3) is 0 Å². The van der Waals surface area contributed by atoms with Crippen molar-refractivity contribution < 1.29 is 14.6 Å². The number of likely N-dealkylation sites (tertiary alicyclic amines) is 1. The standard InChI is InChI=1S/C14H19NO3/c16-13-3-1-12(2-4-13)11-15-7-5-14(6-8-15)17-9-10-18-14/h1-4,16H,5-11H2. The van der Waals surface area contributed by atoms with Crippen molar-refractivity contribution in [3.8, 4) is 5.75 Å². The lowest BCUT2D eigenvalue weighted by atomic mass is 10.0. The fraction of sp³-hybridized carbons (Fsp3) is 0.571. The fourth-order valence-corrected chi connectivity index (χ4v) is 2.70. The molecule has 2 saturated heterocycles. The van der Waals surface area contributed by atoms with Gasteiger partial charge >= 0.3 is 0 Å². The molecule has 1 aromatic carbocycles. The molecule has 0 amide bonds. The summed E-state index contributed by atoms with van der Waals surface area (Å²) in [4.78, 5) is 2.41. The first-order valence-electron chi connectivity index (χ1n) is 6.54. The summed E-state index contributed by atoms with van der Waals surface area (Å²) in [5.41, 5.74) is 1.23. The van der Waals surface area contributed by atoms with Crippen LogP contribution in [0.2, 0.25) is 0 Å². The van der Waals surface area contributed by atoms with Gasteiger partial charge in [0.2, 0.25) is 0 Å². The van der Waals surface area contributed by atoms with Crippen LogP contribution in [0.4, 0.5) is 0 Å². The molecule has 2 heterocycles. The number of hydrogen-bond donors (Lipinski definition) is 1. The molecule has 18 heavy (non-hydrogen) atoms. The van der Waals surface area contributed by atoms with Gasteiger partial charge in [0.05, 0.1) is 13.2 Å². The monoisotopic (exact) mass is 249 g/mol. The van der Waals surface area contributed by atoms with E-state index in [2.05, 4.69) is 4.90 Å². The Morgan fingerprint density at radius 1 is 1.06 bits per heavy atom. The minimum absolute atomic E-state index is 0.286. The van der Waals surface area contributed by atoms with Gasteiger partial charge in [-0.15, -0.1) is 0 Å². The number of ether oxygens (including phenoxy) is 2. The van der Waals surface area contributed by atoms with Crippen LogP contribution in [0.15, 0.2) is 24.3 Å². The molecule has 1 spiro atoms. The molecule has 1 aromatic rings. The third-order valence-electron chi connectivity index (χ3n) is 3.77. The molecule has 3 rings (SSSR count). The van der Waals surface area contributed by atoms with E-state index in [1.54, 1.807) is 12.1 Å². The highest BCUT2D eigenvalue weighted by molar-refractivity contribution is 5.25. The molecule has 2 aliphatic rings. The highest BCUT2D eigenvalue weighted by Gasteiger charge is 2.39. The highest BCUT2D eigenvalue weighted by atomic mass is 16.7. The van der Waals surface area contributed by atoms with E-state index in [0.29, 0.717) is 5.75 Å². The van der Waals surface area contributed by atoms with Crippen LogP contribution >= 0.6 is 0 Å². The van der Waals surface area contributed by atoms with Gasteiger partial charge in [0, 0.05) is 32.5 Å². The van der Waals surface area contributed by atoms with Gasteiger partial charge in [0.1, 0.15) is 5.75 Å². The summed E-state index contributed by atoms with van der Waals surface area (Å²) in [5.74, 6) is 0.0370. The number of phenolic OH excluding ortho intramolecular Hbond substituents is 1. The van der Waals surface area contributed by atoms with E-state index >= 15 is 0 Å². The molecule has 0 aromatic heterocycles. The van der Waals surface area contributed by atoms with Crippen molar-refractivity contribution in [1.82, 2.24) is 4.90 Å². The molecule has 4 nitrogen and oxygen atoms in total. The zero-order valence-corrected chi connectivity index (χ0v) is 10.5. The average Bonchev–Trinajstić information content (AvgIpc) is 2.84. The van der Waals surface area contributed by atoms with Gasteiger partial charge < -0.3 is 14.6 Å². The number of hydrogen-bond acceptors (Lipinski definition) is 4. The molecule has 0 bridgehead atoms. The maximum absolute atomic E-state index is 9.26. The molecule has 2 fully saturated rings. The second kappa shape index (κ2) is 4.88. The van der Waals surface area contributed by atoms with Crippen molar-refractivity contribution in [3.63, 3.8) is 0 Å². The normalized spacial score (nSPS) is 23.6. The Morgan fingerprint density at radius 3 is 2.28 bits per heavy atom. The van der Waals surface area contributed by atoms with Gasteiger partial charge in [-0.3, -0.25) is 4.90 Å². The molecule has 2 aliphatic heterocycles. The van der Waals surface area contributed by atoms with Gasteiger partial charge in [-0.25, -0.2) is 0 Å². The summed E-state index contributed by atoms with van der Waals surface area (Å²) < 4.78 is 11.4. The molecule has 98 valence electrons. The third-order valence-corrected chi connectivity index (χ3v) is 3.77. The second-order valence-corrected chi connectivity index (χ2v) is 5.05. The number of benzene rings is 1. The molecule has 0 aliphatic carbocycles. The molecule has 4 heteroatoms. The van der Waals surface area contributed by atoms with E-state index in [1.807, 2.05) is 12.1 Å². The van der Waals surface area contributed by atoms with E-state index in [-0.39, 0.29) is 5.79 Å². The maximum atomic E-state index is 9.26. The molecule has 0 unspecified atom stereocenters. The first-order chi connectivity index (χ1) is 8.76. The molecule has 0 radical (unpaired) electrons. The number of phenols is 1. The highest BCUT2D eigenvalue weighted by Crippen LogP contribution is 2.31. The maximum Gasteiger partial charge on any atom is 0.170 e. The quantitative estimate of drug-likeness (QED) is 0.866. The lowest BCUT2D eigenvalue weighted by molar-refractivity contribution is -0.185. The van der Waals surface area contributed by atoms with Crippen molar-refractivity contribution in [1.29, 1.82) is 0 Å². The SMILES string of the molecule is Oc1ccc(CN2CCC3(CC2)OCCO3)cc1. The first kappa shape index (κ1) is 12.0. The Balaban J connectivity index is 1.55. The number of rotatable bonds is 2. The average molecular weight is 249 g/mol. The van der Waals surface area contributed by atoms with Crippen molar-refractivity contribution in [2.75, 3.05) is 26.3 Å². The van der Waals surface area contributed by atoms with Crippen LogP contribution in [-0.2, 0) is 16.0 Å². The number of piperidine rings is 1. The largest absolute Gasteiger partial charge is 0.508 e. The van der Waals surface area contributed by atoms with Crippen LogP contribution in [0, 0.1) is 0 Å². The summed E-state index contributed by atoms with van der Waals surface area (Å²) in [6.07, 6.45) is 1.90. The van der Waals surface area contributed by atoms with E-state index in [0.717, 1.165) is 45.7 Å². The molecule has 0 saturated carbocycles. The Kier molecular flexibility index (Phi) is 3.24. The third kappa shape index (κ3) is 2.51. The van der Waals surface area contributed by atoms with Gasteiger partial charge in [-0.05, 0) is 17.7 Å². The van der Waals surface area contributed by atoms with Crippen molar-refractivity contribution >= 4 is 0 Å². The number of nitrogens with zero attached hydrogens (tertiary/aromatic N) is 1. The molecule has 1 N–H and O–H groups in total. The van der Waals surface area contributed by atoms with Gasteiger partial charge in [0.15, 0.2) is 5.79 Å². The zero-order valence-electron chi connectivity index (χ0n) is 10.5. The first-order valence-corrected chi connectivity index (χ1v) is 6.54. The molecule has 0 atom stereocenters. The number of aromatic hydroxyl groups is 1. The predicted molar refractivity (Wildman–Crippen MR) is 67.3 cm³/mol. The summed E-state index contributed by atoms with van der Waals surface area (Å²) in [6.45, 7) is 4.40. The summed E-state index contributed by atoms with van der Waals surface area (Å²) in [5, 5.41) is 9.26. The lowest BCUT2D eigenvalue weighted by Gasteiger charge is -2.37. The minimum atomic E-state index is -0.286. The van der Waals surface area contributed by atoms with Crippen molar-refractivity contribution in [2.45, 2.75) is 25.2 Å². The van der Waals surface area contributed by atoms with Crippen LogP contribution in [0.1, 0.15) is 18.4 Å². The Labute approximate surface area is 107 Å². The molecular formula is C14H19NO3. The minimum Gasteiger partial charge on any atom is -0.508 e. The van der Waals surface area contributed by atoms with Gasteiger partial charge in [0.25, 0.3) is 0 Å². The summed E-state index contributed by atoms with van der Waals surface area (Å²) in [7, 11) is 0. The van der Waals surface area contributed by atoms with Crippen molar-refractivity contribution in [2.24, 2.45) is 0 Å². The van der Waals surface area contributed by atoms with E-state index < -0.39 is 0 Å². The molecular weight excluding hydrogens is 230 g/mol. The van der Waals surface area contributed by atoms with E-state index in [9.17, 15) is 5.11 Å². The predicted octanol–water partition coefficient (Wildman–Crippen LogP) is 1.73. The topological polar surface area (TPSA) is 41.9 Å². The Hall–Kier alpha value is -1.10. The van der Waals surface area contributed by atoms with Crippen LogP contribution < -0.4 is 0 Å². The zero-order chi connectivity index (χ0) is 12.4. The van der Waals surface area contributed by atoms with Crippen LogP contribution in [-0.4, -0.2) is 42.1 Å². The summed E-state index contributed by atoms with van der Waals surface area (Å²) >= 11 is 0.